The van der Waals surface area contributed by atoms with Gasteiger partial charge in [-0.05, 0) is 12.1 Å². The maximum absolute atomic E-state index is 13.3. The highest BCUT2D eigenvalue weighted by Gasteiger charge is 2.22. The molecule has 1 aliphatic rings. The Kier molecular flexibility index (Phi) is 5.35. The van der Waals surface area contributed by atoms with Gasteiger partial charge in [-0.2, -0.15) is 0 Å². The molecule has 6 nitrogen and oxygen atoms in total. The third-order valence-electron chi connectivity index (χ3n) is 3.38. The van der Waals surface area contributed by atoms with Crippen molar-refractivity contribution < 1.29 is 24.1 Å². The number of hydrogen-bond acceptors (Lipinski definition) is 4. The molecule has 0 aliphatic carbocycles. The fourth-order valence-electron chi connectivity index (χ4n) is 2.22. The first-order valence-corrected chi connectivity index (χ1v) is 6.82. The molecule has 1 unspecified atom stereocenters. The lowest BCUT2D eigenvalue weighted by Gasteiger charge is -2.34. The second-order valence-corrected chi connectivity index (χ2v) is 4.97. The Hall–Kier alpha value is -1.86. The number of rotatable bonds is 5. The average molecular weight is 298 g/mol. The molecule has 0 bridgehead atoms. The van der Waals surface area contributed by atoms with Crippen molar-refractivity contribution in [3.63, 3.8) is 0 Å². The molecule has 7 heteroatoms. The van der Waals surface area contributed by atoms with E-state index >= 15 is 0 Å². The molecular weight excluding hydrogens is 279 g/mol. The number of carboxylic acid groups (broad SMARTS) is 1. The SMILES string of the molecule is O=C(O)N1CCN(CC(O)COc2ccccc2F)CC1. The van der Waals surface area contributed by atoms with Crippen molar-refractivity contribution in [2.45, 2.75) is 6.10 Å². The number of aliphatic hydroxyl groups is 1. The molecule has 1 aliphatic heterocycles. The van der Waals surface area contributed by atoms with Crippen LogP contribution < -0.4 is 4.74 Å². The number of β-amino-alcohol motifs (C(OH)–C–C–N with tert-alkyl or cyclic N) is 1. The maximum atomic E-state index is 13.3. The van der Waals surface area contributed by atoms with Gasteiger partial charge in [0.05, 0.1) is 0 Å². The highest BCUT2D eigenvalue weighted by molar-refractivity contribution is 5.65. The van der Waals surface area contributed by atoms with Crippen molar-refractivity contribution in [2.75, 3.05) is 39.3 Å². The lowest BCUT2D eigenvalue weighted by molar-refractivity contribution is 0.0455. The lowest BCUT2D eigenvalue weighted by atomic mass is 10.2. The fraction of sp³-hybridized carbons (Fsp3) is 0.500. The number of halogens is 1. The summed E-state index contributed by atoms with van der Waals surface area (Å²) in [6.45, 7) is 2.38. The molecule has 0 spiro atoms. The van der Waals surface area contributed by atoms with Gasteiger partial charge in [-0.1, -0.05) is 12.1 Å². The van der Waals surface area contributed by atoms with Gasteiger partial charge in [0.25, 0.3) is 0 Å². The summed E-state index contributed by atoms with van der Waals surface area (Å²) < 4.78 is 18.6. The van der Waals surface area contributed by atoms with Gasteiger partial charge in [0.1, 0.15) is 12.7 Å². The number of ether oxygens (including phenoxy) is 1. The number of carbonyl (C=O) groups is 1. The molecule has 1 atom stereocenters. The van der Waals surface area contributed by atoms with E-state index in [0.29, 0.717) is 32.7 Å². The molecule has 0 radical (unpaired) electrons. The smallest absolute Gasteiger partial charge is 0.407 e. The molecule has 21 heavy (non-hydrogen) atoms. The minimum Gasteiger partial charge on any atom is -0.488 e. The predicted octanol–water partition coefficient (Wildman–Crippen LogP) is 0.861. The first-order valence-electron chi connectivity index (χ1n) is 6.82. The molecule has 1 aromatic carbocycles. The summed E-state index contributed by atoms with van der Waals surface area (Å²) in [4.78, 5) is 14.1. The zero-order chi connectivity index (χ0) is 15.2. The van der Waals surface area contributed by atoms with Crippen molar-refractivity contribution >= 4 is 6.09 Å². The van der Waals surface area contributed by atoms with Crippen molar-refractivity contribution in [1.29, 1.82) is 0 Å². The Morgan fingerprint density at radius 1 is 1.29 bits per heavy atom. The van der Waals surface area contributed by atoms with Crippen LogP contribution in [0.15, 0.2) is 24.3 Å². The minimum atomic E-state index is -0.918. The number of amides is 1. The quantitative estimate of drug-likeness (QED) is 0.843. The van der Waals surface area contributed by atoms with Gasteiger partial charge in [0, 0.05) is 32.7 Å². The van der Waals surface area contributed by atoms with E-state index in [9.17, 15) is 14.3 Å². The van der Waals surface area contributed by atoms with E-state index in [4.69, 9.17) is 9.84 Å². The third-order valence-corrected chi connectivity index (χ3v) is 3.38. The Labute approximate surface area is 122 Å². The Balaban J connectivity index is 1.72. The monoisotopic (exact) mass is 298 g/mol. The van der Waals surface area contributed by atoms with E-state index in [-0.39, 0.29) is 12.4 Å². The Morgan fingerprint density at radius 3 is 2.57 bits per heavy atom. The van der Waals surface area contributed by atoms with Crippen LogP contribution in [-0.2, 0) is 0 Å². The summed E-state index contributed by atoms with van der Waals surface area (Å²) in [6, 6.07) is 6.04. The second-order valence-electron chi connectivity index (χ2n) is 4.97. The van der Waals surface area contributed by atoms with Crippen LogP contribution in [0, 0.1) is 5.82 Å². The minimum absolute atomic E-state index is 0.0000776. The largest absolute Gasteiger partial charge is 0.488 e. The maximum Gasteiger partial charge on any atom is 0.407 e. The number of hydrogen-bond donors (Lipinski definition) is 2. The molecule has 1 aromatic rings. The number of aliphatic hydroxyl groups excluding tert-OH is 1. The first-order chi connectivity index (χ1) is 10.1. The van der Waals surface area contributed by atoms with Crippen molar-refractivity contribution in [3.8, 4) is 5.75 Å². The highest BCUT2D eigenvalue weighted by Crippen LogP contribution is 2.15. The van der Waals surface area contributed by atoms with Crippen molar-refractivity contribution in [2.24, 2.45) is 0 Å². The number of nitrogens with zero attached hydrogens (tertiary/aromatic N) is 2. The summed E-state index contributed by atoms with van der Waals surface area (Å²) in [5, 5.41) is 18.8. The molecular formula is C14H19FN2O4. The zero-order valence-electron chi connectivity index (χ0n) is 11.6. The van der Waals surface area contributed by atoms with Crippen LogP contribution in [0.3, 0.4) is 0 Å². The van der Waals surface area contributed by atoms with E-state index in [2.05, 4.69) is 0 Å². The number of piperazine rings is 1. The van der Waals surface area contributed by atoms with Gasteiger partial charge in [0.15, 0.2) is 11.6 Å². The molecule has 2 N–H and O–H groups in total. The Bertz CT molecular complexity index is 478. The van der Waals surface area contributed by atoms with E-state index in [1.165, 1.54) is 17.0 Å². The van der Waals surface area contributed by atoms with E-state index in [1.807, 2.05) is 4.90 Å². The first kappa shape index (κ1) is 15.5. The summed E-state index contributed by atoms with van der Waals surface area (Å²) in [7, 11) is 0. The van der Waals surface area contributed by atoms with Crippen LogP contribution in [0.2, 0.25) is 0 Å². The summed E-state index contributed by atoms with van der Waals surface area (Å²) in [5.74, 6) is -0.341. The van der Waals surface area contributed by atoms with Crippen LogP contribution in [0.4, 0.5) is 9.18 Å². The molecule has 1 saturated heterocycles. The van der Waals surface area contributed by atoms with Crippen LogP contribution in [0.1, 0.15) is 0 Å². The molecule has 1 amide bonds. The molecule has 2 rings (SSSR count). The van der Waals surface area contributed by atoms with E-state index in [1.54, 1.807) is 12.1 Å². The summed E-state index contributed by atoms with van der Waals surface area (Å²) in [5.41, 5.74) is 0. The second kappa shape index (κ2) is 7.24. The van der Waals surface area contributed by atoms with E-state index < -0.39 is 18.0 Å². The van der Waals surface area contributed by atoms with Crippen molar-refractivity contribution in [1.82, 2.24) is 9.80 Å². The van der Waals surface area contributed by atoms with Crippen LogP contribution >= 0.6 is 0 Å². The number of para-hydroxylation sites is 1. The Morgan fingerprint density at radius 2 is 1.95 bits per heavy atom. The lowest BCUT2D eigenvalue weighted by Crippen LogP contribution is -2.50. The molecule has 1 fully saturated rings. The highest BCUT2D eigenvalue weighted by atomic mass is 19.1. The predicted molar refractivity (Wildman–Crippen MR) is 73.9 cm³/mol. The summed E-state index contributed by atoms with van der Waals surface area (Å²) in [6.07, 6.45) is -1.67. The van der Waals surface area contributed by atoms with Gasteiger partial charge in [-0.3, -0.25) is 4.90 Å². The number of benzene rings is 1. The topological polar surface area (TPSA) is 73.2 Å². The van der Waals surface area contributed by atoms with Gasteiger partial charge in [-0.25, -0.2) is 9.18 Å². The standard InChI is InChI=1S/C14H19FN2O4/c15-12-3-1-2-4-13(12)21-10-11(18)9-16-5-7-17(8-6-16)14(19)20/h1-4,11,18H,5-10H2,(H,19,20). The van der Waals surface area contributed by atoms with Crippen molar-refractivity contribution in [3.05, 3.63) is 30.1 Å². The average Bonchev–Trinajstić information content (AvgIpc) is 2.47. The zero-order valence-corrected chi connectivity index (χ0v) is 11.6. The summed E-state index contributed by atoms with van der Waals surface area (Å²) >= 11 is 0. The van der Waals surface area contributed by atoms with Gasteiger partial charge >= 0.3 is 6.09 Å². The molecule has 1 heterocycles. The third kappa shape index (κ3) is 4.57. The van der Waals surface area contributed by atoms with Crippen LogP contribution in [0.5, 0.6) is 5.75 Å². The fourth-order valence-corrected chi connectivity index (χ4v) is 2.22. The van der Waals surface area contributed by atoms with Crippen LogP contribution in [-0.4, -0.2) is 71.5 Å². The van der Waals surface area contributed by atoms with E-state index in [0.717, 1.165) is 0 Å². The van der Waals surface area contributed by atoms with Gasteiger partial charge in [0.2, 0.25) is 0 Å². The normalized spacial score (nSPS) is 17.5. The van der Waals surface area contributed by atoms with Crippen LogP contribution in [0.25, 0.3) is 0 Å². The molecule has 0 saturated carbocycles. The van der Waals surface area contributed by atoms with Gasteiger partial charge in [-0.15, -0.1) is 0 Å². The van der Waals surface area contributed by atoms with Gasteiger partial charge < -0.3 is 19.8 Å². The molecule has 0 aromatic heterocycles. The molecule has 116 valence electrons.